The average molecular weight is 310 g/mol. The number of rotatable bonds is 8. The summed E-state index contributed by atoms with van der Waals surface area (Å²) < 4.78 is 4.29. The van der Waals surface area contributed by atoms with Crippen LogP contribution in [-0.4, -0.2) is 80.2 Å². The number of carbonyl (C=O) groups excluding carboxylic acids is 2. The molecule has 0 aliphatic rings. The van der Waals surface area contributed by atoms with Crippen molar-refractivity contribution in [3.63, 3.8) is 0 Å². The summed E-state index contributed by atoms with van der Waals surface area (Å²) in [6, 6.07) is 0. The van der Waals surface area contributed by atoms with Crippen molar-refractivity contribution in [1.29, 1.82) is 0 Å². The van der Waals surface area contributed by atoms with Crippen LogP contribution in [0, 0.1) is 11.8 Å². The molecule has 0 aliphatic carbocycles. The molecule has 0 aliphatic heterocycles. The standard InChI is InChI=1S/C12H22O9/c1-7(3-13)11(19,5-15)9(17)21-10(18)12(20,6-16)8(2)4-14/h7-8,13-16,19-20H,3-6H2,1-2H3. The van der Waals surface area contributed by atoms with E-state index in [1.54, 1.807) is 0 Å². The summed E-state index contributed by atoms with van der Waals surface area (Å²) in [6.45, 7) is -1.11. The summed E-state index contributed by atoms with van der Waals surface area (Å²) >= 11 is 0. The topological polar surface area (TPSA) is 165 Å². The Morgan fingerprint density at radius 1 is 0.857 bits per heavy atom. The van der Waals surface area contributed by atoms with Gasteiger partial charge in [-0.3, -0.25) is 0 Å². The van der Waals surface area contributed by atoms with Crippen molar-refractivity contribution in [3.05, 3.63) is 0 Å². The Balaban J connectivity index is 5.19. The van der Waals surface area contributed by atoms with Gasteiger partial charge in [-0.2, -0.15) is 0 Å². The zero-order valence-electron chi connectivity index (χ0n) is 11.9. The Hall–Kier alpha value is -1.10. The first kappa shape index (κ1) is 19.9. The minimum absolute atomic E-state index is 0.669. The predicted molar refractivity (Wildman–Crippen MR) is 67.7 cm³/mol. The van der Waals surface area contributed by atoms with Crippen LogP contribution in [0.4, 0.5) is 0 Å². The molecule has 0 rings (SSSR count). The predicted octanol–water partition coefficient (Wildman–Crippen LogP) is -3.24. The van der Waals surface area contributed by atoms with E-state index in [4.69, 9.17) is 20.4 Å². The van der Waals surface area contributed by atoms with Crippen molar-refractivity contribution in [2.45, 2.75) is 25.0 Å². The van der Waals surface area contributed by atoms with Gasteiger partial charge in [0.15, 0.2) is 11.2 Å². The van der Waals surface area contributed by atoms with Gasteiger partial charge in [0.1, 0.15) is 0 Å². The molecule has 6 N–H and O–H groups in total. The minimum Gasteiger partial charge on any atom is -0.396 e. The Kier molecular flexibility index (Phi) is 7.37. The number of aliphatic hydroxyl groups is 6. The molecule has 9 nitrogen and oxygen atoms in total. The van der Waals surface area contributed by atoms with Crippen LogP contribution in [0.25, 0.3) is 0 Å². The molecule has 0 heterocycles. The molecule has 0 amide bonds. The fraction of sp³-hybridized carbons (Fsp3) is 0.833. The summed E-state index contributed by atoms with van der Waals surface area (Å²) in [5, 5.41) is 55.8. The molecular formula is C12H22O9. The van der Waals surface area contributed by atoms with Gasteiger partial charge in [0.2, 0.25) is 0 Å². The second-order valence-electron chi connectivity index (χ2n) is 5.01. The minimum atomic E-state index is -2.54. The molecule has 0 radical (unpaired) electrons. The van der Waals surface area contributed by atoms with Crippen LogP contribution >= 0.6 is 0 Å². The summed E-state index contributed by atoms with van der Waals surface area (Å²) in [7, 11) is 0. The van der Waals surface area contributed by atoms with Gasteiger partial charge in [-0.25, -0.2) is 9.59 Å². The number of carbonyl (C=O) groups is 2. The molecule has 4 unspecified atom stereocenters. The maximum atomic E-state index is 11.8. The molecule has 0 bridgehead atoms. The van der Waals surface area contributed by atoms with Crippen molar-refractivity contribution in [2.24, 2.45) is 11.8 Å². The van der Waals surface area contributed by atoms with E-state index in [9.17, 15) is 19.8 Å². The van der Waals surface area contributed by atoms with Crippen molar-refractivity contribution >= 4 is 11.9 Å². The Bertz CT molecular complexity index is 338. The van der Waals surface area contributed by atoms with E-state index in [1.165, 1.54) is 13.8 Å². The van der Waals surface area contributed by atoms with E-state index in [0.717, 1.165) is 0 Å². The normalized spacial score (nSPS) is 20.0. The van der Waals surface area contributed by atoms with Crippen molar-refractivity contribution in [2.75, 3.05) is 26.4 Å². The maximum absolute atomic E-state index is 11.8. The highest BCUT2D eigenvalue weighted by Crippen LogP contribution is 2.23. The number of ether oxygens (including phenoxy) is 1. The smallest absolute Gasteiger partial charge is 0.348 e. The molecule has 0 aromatic rings. The molecule has 4 atom stereocenters. The van der Waals surface area contributed by atoms with E-state index >= 15 is 0 Å². The number of esters is 2. The molecule has 0 aromatic heterocycles. The van der Waals surface area contributed by atoms with Crippen LogP contribution < -0.4 is 0 Å². The van der Waals surface area contributed by atoms with Crippen molar-refractivity contribution in [1.82, 2.24) is 0 Å². The Labute approximate surface area is 121 Å². The molecule has 0 spiro atoms. The molecule has 124 valence electrons. The number of hydrogen-bond acceptors (Lipinski definition) is 9. The molecule has 0 fully saturated rings. The highest BCUT2D eigenvalue weighted by Gasteiger charge is 2.48. The van der Waals surface area contributed by atoms with Crippen molar-refractivity contribution < 1.29 is 45.0 Å². The third-order valence-electron chi connectivity index (χ3n) is 3.55. The lowest BCUT2D eigenvalue weighted by Gasteiger charge is -2.32. The second kappa shape index (κ2) is 7.78. The summed E-state index contributed by atoms with van der Waals surface area (Å²) in [6.07, 6.45) is 0. The highest BCUT2D eigenvalue weighted by molar-refractivity contribution is 5.94. The molecule has 0 saturated carbocycles. The third kappa shape index (κ3) is 3.96. The molecule has 0 saturated heterocycles. The number of hydrogen-bond donors (Lipinski definition) is 6. The Morgan fingerprint density at radius 2 is 1.14 bits per heavy atom. The van der Waals surface area contributed by atoms with Gasteiger partial charge >= 0.3 is 11.9 Å². The molecule has 9 heteroatoms. The maximum Gasteiger partial charge on any atom is 0.348 e. The van der Waals surface area contributed by atoms with Crippen LogP contribution in [0.1, 0.15) is 13.8 Å². The zero-order chi connectivity index (χ0) is 16.8. The van der Waals surface area contributed by atoms with Crippen LogP contribution in [-0.2, 0) is 14.3 Å². The van der Waals surface area contributed by atoms with Gasteiger partial charge in [-0.1, -0.05) is 13.8 Å². The van der Waals surface area contributed by atoms with Gasteiger partial charge < -0.3 is 35.4 Å². The zero-order valence-corrected chi connectivity index (χ0v) is 11.9. The van der Waals surface area contributed by atoms with Crippen LogP contribution in [0.3, 0.4) is 0 Å². The van der Waals surface area contributed by atoms with Crippen LogP contribution in [0.2, 0.25) is 0 Å². The van der Waals surface area contributed by atoms with Gasteiger partial charge in [0, 0.05) is 25.0 Å². The molecule has 21 heavy (non-hydrogen) atoms. The van der Waals surface area contributed by atoms with Gasteiger partial charge in [-0.15, -0.1) is 0 Å². The van der Waals surface area contributed by atoms with Gasteiger partial charge in [0.25, 0.3) is 0 Å². The first-order valence-corrected chi connectivity index (χ1v) is 6.28. The van der Waals surface area contributed by atoms with E-state index in [1.807, 2.05) is 0 Å². The highest BCUT2D eigenvalue weighted by atomic mass is 16.6. The average Bonchev–Trinajstić information content (AvgIpc) is 2.50. The third-order valence-corrected chi connectivity index (χ3v) is 3.55. The lowest BCUT2D eigenvalue weighted by atomic mass is 9.89. The fourth-order valence-electron chi connectivity index (χ4n) is 1.41. The van der Waals surface area contributed by atoms with E-state index in [-0.39, 0.29) is 0 Å². The van der Waals surface area contributed by atoms with Crippen molar-refractivity contribution in [3.8, 4) is 0 Å². The monoisotopic (exact) mass is 310 g/mol. The first-order valence-electron chi connectivity index (χ1n) is 6.28. The number of aliphatic hydroxyl groups excluding tert-OH is 4. The van der Waals surface area contributed by atoms with E-state index < -0.39 is 61.4 Å². The first-order chi connectivity index (χ1) is 9.63. The SMILES string of the molecule is CC(CO)C(O)(CO)C(=O)OC(=O)C(O)(CO)C(C)CO. The lowest BCUT2D eigenvalue weighted by Crippen LogP contribution is -2.56. The quantitative estimate of drug-likeness (QED) is 0.199. The fourth-order valence-corrected chi connectivity index (χ4v) is 1.41. The largest absolute Gasteiger partial charge is 0.396 e. The molecular weight excluding hydrogens is 288 g/mol. The molecule has 0 aromatic carbocycles. The van der Waals surface area contributed by atoms with E-state index in [0.29, 0.717) is 0 Å². The Morgan fingerprint density at radius 3 is 1.33 bits per heavy atom. The van der Waals surface area contributed by atoms with Gasteiger partial charge in [-0.05, 0) is 0 Å². The van der Waals surface area contributed by atoms with E-state index in [2.05, 4.69) is 4.74 Å². The second-order valence-corrected chi connectivity index (χ2v) is 5.01. The lowest BCUT2D eigenvalue weighted by molar-refractivity contribution is -0.198. The van der Waals surface area contributed by atoms with Crippen LogP contribution in [0.5, 0.6) is 0 Å². The van der Waals surface area contributed by atoms with Gasteiger partial charge in [0.05, 0.1) is 13.2 Å². The summed E-state index contributed by atoms with van der Waals surface area (Å²) in [4.78, 5) is 23.5. The summed E-state index contributed by atoms with van der Waals surface area (Å²) in [5.41, 5.74) is -5.08. The summed E-state index contributed by atoms with van der Waals surface area (Å²) in [5.74, 6) is -5.43. The van der Waals surface area contributed by atoms with Crippen LogP contribution in [0.15, 0.2) is 0 Å².